The Morgan fingerprint density at radius 3 is 2.56 bits per heavy atom. The van der Waals surface area contributed by atoms with Crippen LogP contribution in [-0.2, 0) is 24.4 Å². The fraction of sp³-hybridized carbons (Fsp3) is 0.192. The number of carbonyl (C=O) groups excluding carboxylic acids is 2. The van der Waals surface area contributed by atoms with Crippen LogP contribution in [0.5, 0.6) is 0 Å². The number of aromatic nitrogens is 2. The van der Waals surface area contributed by atoms with Crippen molar-refractivity contribution in [3.8, 4) is 0 Å². The smallest absolute Gasteiger partial charge is 0.271 e. The molecular formula is C26H24N4O2. The van der Waals surface area contributed by atoms with Gasteiger partial charge in [0, 0.05) is 36.4 Å². The molecule has 3 heterocycles. The van der Waals surface area contributed by atoms with E-state index in [0.717, 1.165) is 22.0 Å². The van der Waals surface area contributed by atoms with Crippen molar-refractivity contribution in [2.24, 2.45) is 0 Å². The summed E-state index contributed by atoms with van der Waals surface area (Å²) in [7, 11) is 0. The van der Waals surface area contributed by atoms with E-state index < -0.39 is 5.54 Å². The minimum absolute atomic E-state index is 0.159. The summed E-state index contributed by atoms with van der Waals surface area (Å²) >= 11 is 0. The molecule has 6 nitrogen and oxygen atoms in total. The molecule has 1 aliphatic heterocycles. The third-order valence-electron chi connectivity index (χ3n) is 6.19. The van der Waals surface area contributed by atoms with Crippen LogP contribution < -0.4 is 5.32 Å². The maximum atomic E-state index is 13.7. The molecule has 0 aliphatic carbocycles. The van der Waals surface area contributed by atoms with Crippen molar-refractivity contribution < 1.29 is 9.59 Å². The molecule has 1 atom stereocenters. The number of nitrogens with zero attached hydrogens (tertiary/aromatic N) is 3. The van der Waals surface area contributed by atoms with Crippen LogP contribution in [0.3, 0.4) is 0 Å². The van der Waals surface area contributed by atoms with Crippen molar-refractivity contribution in [2.75, 3.05) is 0 Å². The lowest BCUT2D eigenvalue weighted by molar-refractivity contribution is -0.133. The molecule has 0 fully saturated rings. The van der Waals surface area contributed by atoms with Crippen LogP contribution in [0, 0.1) is 0 Å². The van der Waals surface area contributed by atoms with E-state index in [9.17, 15) is 9.59 Å². The molecule has 0 spiro atoms. The average molecular weight is 425 g/mol. The van der Waals surface area contributed by atoms with Crippen molar-refractivity contribution >= 4 is 22.7 Å². The molecule has 0 bridgehead atoms. The van der Waals surface area contributed by atoms with Crippen molar-refractivity contribution in [2.45, 2.75) is 32.1 Å². The predicted octanol–water partition coefficient (Wildman–Crippen LogP) is 3.77. The lowest BCUT2D eigenvalue weighted by Crippen LogP contribution is -2.63. The Kier molecular flexibility index (Phi) is 4.98. The Hall–Kier alpha value is -3.93. The van der Waals surface area contributed by atoms with E-state index >= 15 is 0 Å². The van der Waals surface area contributed by atoms with E-state index in [2.05, 4.69) is 10.3 Å². The third-order valence-corrected chi connectivity index (χ3v) is 6.19. The van der Waals surface area contributed by atoms with Gasteiger partial charge in [0.25, 0.3) is 5.91 Å². The van der Waals surface area contributed by atoms with Crippen molar-refractivity contribution in [3.05, 3.63) is 102 Å². The molecule has 5 rings (SSSR count). The van der Waals surface area contributed by atoms with Crippen LogP contribution in [0.2, 0.25) is 0 Å². The van der Waals surface area contributed by atoms with Crippen LogP contribution in [0.15, 0.2) is 85.2 Å². The van der Waals surface area contributed by atoms with E-state index in [0.29, 0.717) is 25.3 Å². The minimum Gasteiger partial charge on any atom is -0.350 e. The minimum atomic E-state index is -1.06. The highest BCUT2D eigenvalue weighted by atomic mass is 16.2. The van der Waals surface area contributed by atoms with Crippen LogP contribution in [0.4, 0.5) is 0 Å². The fourth-order valence-electron chi connectivity index (χ4n) is 4.40. The van der Waals surface area contributed by atoms with Crippen LogP contribution in [0.25, 0.3) is 10.9 Å². The summed E-state index contributed by atoms with van der Waals surface area (Å²) in [5.41, 5.74) is 2.39. The molecule has 0 saturated heterocycles. The molecule has 32 heavy (non-hydrogen) atoms. The molecule has 1 N–H and O–H groups in total. The molecule has 0 radical (unpaired) electrons. The Morgan fingerprint density at radius 1 is 1.03 bits per heavy atom. The van der Waals surface area contributed by atoms with Gasteiger partial charge in [-0.25, -0.2) is 0 Å². The van der Waals surface area contributed by atoms with Crippen LogP contribution in [-0.4, -0.2) is 31.8 Å². The van der Waals surface area contributed by atoms with Crippen LogP contribution in [0.1, 0.15) is 28.5 Å². The summed E-state index contributed by atoms with van der Waals surface area (Å²) in [5, 5.41) is 4.05. The first kappa shape index (κ1) is 20.0. The number of pyridine rings is 1. The second kappa shape index (κ2) is 7.96. The van der Waals surface area contributed by atoms with Gasteiger partial charge in [-0.15, -0.1) is 0 Å². The molecule has 160 valence electrons. The second-order valence-corrected chi connectivity index (χ2v) is 8.37. The van der Waals surface area contributed by atoms with E-state index in [-0.39, 0.29) is 11.8 Å². The topological polar surface area (TPSA) is 67.2 Å². The standard InChI is InChI=1S/C26H24N4O2/c1-26(25(32)28-16-19-8-3-2-4-9-19)18-29-22-12-6-5-11-21(22)14-23(29)24(31)30(26)17-20-10-7-13-27-15-20/h2-15H,16-18H2,1H3,(H,28,32). The quantitative estimate of drug-likeness (QED) is 0.530. The van der Waals surface area contributed by atoms with Gasteiger partial charge in [0.15, 0.2) is 0 Å². The average Bonchev–Trinajstić information content (AvgIpc) is 3.20. The van der Waals surface area contributed by atoms with E-state index in [1.807, 2.05) is 84.3 Å². The van der Waals surface area contributed by atoms with Gasteiger partial charge in [-0.05, 0) is 36.2 Å². The Labute approximate surface area is 186 Å². The first-order valence-electron chi connectivity index (χ1n) is 10.7. The number of amides is 2. The van der Waals surface area contributed by atoms with Crippen molar-refractivity contribution in [1.82, 2.24) is 19.8 Å². The summed E-state index contributed by atoms with van der Waals surface area (Å²) in [6.07, 6.45) is 3.44. The number of rotatable bonds is 5. The molecule has 4 aromatic rings. The van der Waals surface area contributed by atoms with E-state index in [4.69, 9.17) is 0 Å². The van der Waals surface area contributed by atoms with E-state index in [1.54, 1.807) is 17.3 Å². The van der Waals surface area contributed by atoms with Gasteiger partial charge in [0.2, 0.25) is 5.91 Å². The van der Waals surface area contributed by atoms with Crippen molar-refractivity contribution in [3.63, 3.8) is 0 Å². The van der Waals surface area contributed by atoms with Gasteiger partial charge in [0.05, 0.1) is 6.54 Å². The Bertz CT molecular complexity index is 1280. The second-order valence-electron chi connectivity index (χ2n) is 8.37. The summed E-state index contributed by atoms with van der Waals surface area (Å²) in [4.78, 5) is 33.1. The van der Waals surface area contributed by atoms with Gasteiger partial charge in [-0.3, -0.25) is 14.6 Å². The number of carbonyl (C=O) groups is 2. The van der Waals surface area contributed by atoms with Gasteiger partial charge in [-0.1, -0.05) is 54.6 Å². The highest BCUT2D eigenvalue weighted by Gasteiger charge is 2.47. The van der Waals surface area contributed by atoms with Crippen LogP contribution >= 0.6 is 0 Å². The Balaban J connectivity index is 1.53. The number of nitrogens with one attached hydrogen (secondary N) is 1. The molecule has 2 aromatic heterocycles. The molecule has 1 aliphatic rings. The molecule has 2 aromatic carbocycles. The normalized spacial score (nSPS) is 17.9. The summed E-state index contributed by atoms with van der Waals surface area (Å²) in [6.45, 7) is 2.94. The number of benzene rings is 2. The van der Waals surface area contributed by atoms with Crippen molar-refractivity contribution in [1.29, 1.82) is 0 Å². The lowest BCUT2D eigenvalue weighted by atomic mass is 9.94. The van der Waals surface area contributed by atoms with Gasteiger partial charge in [0.1, 0.15) is 11.2 Å². The SMILES string of the molecule is CC1(C(=O)NCc2ccccc2)Cn2c(cc3ccccc32)C(=O)N1Cc1cccnc1. The monoisotopic (exact) mass is 424 g/mol. The fourth-order valence-corrected chi connectivity index (χ4v) is 4.40. The first-order chi connectivity index (χ1) is 15.6. The first-order valence-corrected chi connectivity index (χ1v) is 10.7. The molecule has 2 amide bonds. The maximum absolute atomic E-state index is 13.7. The molecule has 6 heteroatoms. The number of hydrogen-bond acceptors (Lipinski definition) is 3. The molecule has 0 saturated carbocycles. The zero-order valence-corrected chi connectivity index (χ0v) is 17.9. The summed E-state index contributed by atoms with van der Waals surface area (Å²) in [6, 6.07) is 23.3. The van der Waals surface area contributed by atoms with Gasteiger partial charge >= 0.3 is 0 Å². The Morgan fingerprint density at radius 2 is 1.78 bits per heavy atom. The van der Waals surface area contributed by atoms with Gasteiger partial charge < -0.3 is 14.8 Å². The number of hydrogen-bond donors (Lipinski definition) is 1. The highest BCUT2D eigenvalue weighted by molar-refractivity contribution is 6.03. The third kappa shape index (κ3) is 3.43. The van der Waals surface area contributed by atoms with E-state index in [1.165, 1.54) is 0 Å². The van der Waals surface area contributed by atoms with Gasteiger partial charge in [-0.2, -0.15) is 0 Å². The molecule has 1 unspecified atom stereocenters. The molecular weight excluding hydrogens is 400 g/mol. The zero-order valence-electron chi connectivity index (χ0n) is 17.9. The zero-order chi connectivity index (χ0) is 22.1. The summed E-state index contributed by atoms with van der Waals surface area (Å²) in [5.74, 6) is -0.337. The maximum Gasteiger partial charge on any atom is 0.271 e. The highest BCUT2D eigenvalue weighted by Crippen LogP contribution is 2.33. The largest absolute Gasteiger partial charge is 0.350 e. The number of fused-ring (bicyclic) bond motifs is 3. The lowest BCUT2D eigenvalue weighted by Gasteiger charge is -2.44. The predicted molar refractivity (Wildman–Crippen MR) is 123 cm³/mol. The summed E-state index contributed by atoms with van der Waals surface area (Å²) < 4.78 is 1.97. The number of para-hydroxylation sites is 1.